The molecule has 1 unspecified atom stereocenters. The fourth-order valence-electron chi connectivity index (χ4n) is 5.45. The smallest absolute Gasteiger partial charge is 0.330 e. The summed E-state index contributed by atoms with van der Waals surface area (Å²) in [6, 6.07) is 8.89. The lowest BCUT2D eigenvalue weighted by molar-refractivity contribution is -0.134. The average molecular weight is 555 g/mol. The van der Waals surface area contributed by atoms with Gasteiger partial charge in [0.05, 0.1) is 18.5 Å². The molecule has 1 aromatic carbocycles. The first-order valence-corrected chi connectivity index (χ1v) is 13.7. The molecule has 3 aromatic rings. The molecular weight excluding hydrogens is 518 g/mol. The molecule has 0 amide bonds. The lowest BCUT2D eigenvalue weighted by Crippen LogP contribution is -2.28. The third kappa shape index (κ3) is 5.98. The van der Waals surface area contributed by atoms with E-state index >= 15 is 0 Å². The van der Waals surface area contributed by atoms with Crippen LogP contribution in [-0.4, -0.2) is 56.8 Å². The molecular formula is C28H36BrN5O2. The molecule has 192 valence electrons. The van der Waals surface area contributed by atoms with Crippen molar-refractivity contribution in [3.05, 3.63) is 75.4 Å². The summed E-state index contributed by atoms with van der Waals surface area (Å²) < 4.78 is 4.71. The van der Waals surface area contributed by atoms with Gasteiger partial charge >= 0.3 is 5.97 Å². The van der Waals surface area contributed by atoms with E-state index in [4.69, 9.17) is 9.84 Å². The first-order chi connectivity index (χ1) is 17.4. The maximum atomic E-state index is 11.5. The number of carbonyl (C=O) groups is 1. The quantitative estimate of drug-likeness (QED) is 0.209. The van der Waals surface area contributed by atoms with Gasteiger partial charge in [-0.2, -0.15) is 10.2 Å². The highest BCUT2D eigenvalue weighted by atomic mass is 79.9. The van der Waals surface area contributed by atoms with E-state index in [1.807, 2.05) is 0 Å². The van der Waals surface area contributed by atoms with Crippen molar-refractivity contribution in [2.75, 3.05) is 25.5 Å². The molecule has 2 aromatic heterocycles. The topological polar surface area (TPSA) is 86.9 Å². The molecule has 1 aliphatic rings. The lowest BCUT2D eigenvalue weighted by Gasteiger charge is -2.29. The number of carbonyl (C=O) groups excluding carboxylic acids is 1. The Morgan fingerprint density at radius 2 is 1.83 bits per heavy atom. The van der Waals surface area contributed by atoms with Gasteiger partial charge in [-0.3, -0.25) is 15.1 Å². The molecule has 3 heterocycles. The number of H-pyrrole nitrogens is 2. The van der Waals surface area contributed by atoms with Crippen LogP contribution in [0.3, 0.4) is 0 Å². The summed E-state index contributed by atoms with van der Waals surface area (Å²) in [6.07, 6.45) is 7.32. The average Bonchev–Trinajstić information content (AvgIpc) is 3.54. The first-order valence-electron chi connectivity index (χ1n) is 12.6. The maximum absolute atomic E-state index is 11.5. The van der Waals surface area contributed by atoms with Crippen LogP contribution in [0.4, 0.5) is 0 Å². The summed E-state index contributed by atoms with van der Waals surface area (Å²) in [4.78, 5) is 14.1. The Kier molecular flexibility index (Phi) is 8.80. The van der Waals surface area contributed by atoms with Gasteiger partial charge in [-0.25, -0.2) is 4.79 Å². The Morgan fingerprint density at radius 3 is 2.50 bits per heavy atom. The summed E-state index contributed by atoms with van der Waals surface area (Å²) >= 11 is 3.60. The highest BCUT2D eigenvalue weighted by Crippen LogP contribution is 2.40. The molecule has 36 heavy (non-hydrogen) atoms. The van der Waals surface area contributed by atoms with Gasteiger partial charge in [-0.05, 0) is 87.2 Å². The Morgan fingerprint density at radius 1 is 1.11 bits per heavy atom. The third-order valence-electron chi connectivity index (χ3n) is 7.41. The minimum Gasteiger partial charge on any atom is -0.466 e. The fraction of sp³-hybridized carbons (Fsp3) is 0.464. The molecule has 8 heteroatoms. The number of nitrogens with one attached hydrogen (secondary N) is 2. The van der Waals surface area contributed by atoms with E-state index in [-0.39, 0.29) is 5.97 Å². The van der Waals surface area contributed by atoms with Gasteiger partial charge in [-0.1, -0.05) is 40.2 Å². The van der Waals surface area contributed by atoms with Crippen LogP contribution >= 0.6 is 15.9 Å². The van der Waals surface area contributed by atoms with Crippen LogP contribution < -0.4 is 0 Å². The molecule has 0 aliphatic carbocycles. The summed E-state index contributed by atoms with van der Waals surface area (Å²) in [7, 11) is 1.39. The SMILES string of the molecule is COC(=O)/C=C/c1ccc([C@H]2C(Cc3n[nH]c(C)c3CCBr)CCN2CCc2c(C)n[nH]c2C)cc1. The monoisotopic (exact) mass is 553 g/mol. The second kappa shape index (κ2) is 12.0. The number of nitrogens with zero attached hydrogens (tertiary/aromatic N) is 3. The van der Waals surface area contributed by atoms with Crippen molar-refractivity contribution < 1.29 is 9.53 Å². The highest BCUT2D eigenvalue weighted by Gasteiger charge is 2.36. The van der Waals surface area contributed by atoms with Crippen LogP contribution in [0.5, 0.6) is 0 Å². The Balaban J connectivity index is 1.58. The van der Waals surface area contributed by atoms with Crippen LogP contribution in [0.15, 0.2) is 30.3 Å². The number of hydrogen-bond acceptors (Lipinski definition) is 5. The first kappa shape index (κ1) is 26.4. The molecule has 2 atom stereocenters. The Bertz CT molecular complexity index is 1180. The van der Waals surface area contributed by atoms with Gasteiger partial charge in [0.15, 0.2) is 0 Å². The molecule has 1 saturated heterocycles. The minimum atomic E-state index is -0.348. The van der Waals surface area contributed by atoms with Crippen LogP contribution in [0.25, 0.3) is 6.08 Å². The van der Waals surface area contributed by atoms with E-state index < -0.39 is 0 Å². The molecule has 0 spiro atoms. The highest BCUT2D eigenvalue weighted by molar-refractivity contribution is 9.09. The number of methoxy groups -OCH3 is 1. The normalized spacial score (nSPS) is 18.4. The number of aryl methyl sites for hydroxylation is 3. The molecule has 1 fully saturated rings. The predicted molar refractivity (Wildman–Crippen MR) is 146 cm³/mol. The van der Waals surface area contributed by atoms with Crippen LogP contribution in [0.2, 0.25) is 0 Å². The Labute approximate surface area is 221 Å². The van der Waals surface area contributed by atoms with Crippen molar-refractivity contribution in [1.82, 2.24) is 25.3 Å². The number of ether oxygens (including phenoxy) is 1. The largest absolute Gasteiger partial charge is 0.466 e. The summed E-state index contributed by atoms with van der Waals surface area (Å²) in [5.41, 5.74) is 9.58. The van der Waals surface area contributed by atoms with E-state index in [1.54, 1.807) is 6.08 Å². The maximum Gasteiger partial charge on any atom is 0.330 e. The number of likely N-dealkylation sites (tertiary alicyclic amines) is 1. The van der Waals surface area contributed by atoms with E-state index in [0.717, 1.165) is 61.1 Å². The van der Waals surface area contributed by atoms with Gasteiger partial charge in [0.25, 0.3) is 0 Å². The van der Waals surface area contributed by atoms with Crippen LogP contribution in [0, 0.1) is 26.7 Å². The van der Waals surface area contributed by atoms with Gasteiger partial charge in [-0.15, -0.1) is 0 Å². The second-order valence-corrected chi connectivity index (χ2v) is 10.4. The number of alkyl halides is 1. The van der Waals surface area contributed by atoms with Crippen LogP contribution in [0.1, 0.15) is 57.5 Å². The molecule has 1 aliphatic heterocycles. The molecule has 0 bridgehead atoms. The summed E-state index contributed by atoms with van der Waals surface area (Å²) in [5.74, 6) is 0.129. The van der Waals surface area contributed by atoms with Gasteiger partial charge in [0.2, 0.25) is 0 Å². The van der Waals surface area contributed by atoms with Crippen LogP contribution in [-0.2, 0) is 28.8 Å². The molecule has 0 saturated carbocycles. The summed E-state index contributed by atoms with van der Waals surface area (Å²) in [5, 5.41) is 16.4. The predicted octanol–water partition coefficient (Wildman–Crippen LogP) is 5.03. The Hall–Kier alpha value is -2.71. The van der Waals surface area contributed by atoms with Gasteiger partial charge in [0.1, 0.15) is 0 Å². The minimum absolute atomic E-state index is 0.310. The van der Waals surface area contributed by atoms with Crippen molar-refractivity contribution in [3.8, 4) is 0 Å². The lowest BCUT2D eigenvalue weighted by atomic mass is 9.88. The molecule has 7 nitrogen and oxygen atoms in total. The number of hydrogen-bond donors (Lipinski definition) is 2. The van der Waals surface area contributed by atoms with Gasteiger partial charge in [0, 0.05) is 35.4 Å². The number of rotatable bonds is 10. The van der Waals surface area contributed by atoms with E-state index in [2.05, 4.69) is 81.2 Å². The van der Waals surface area contributed by atoms with Gasteiger partial charge < -0.3 is 4.74 Å². The van der Waals surface area contributed by atoms with Crippen molar-refractivity contribution in [2.24, 2.45) is 5.92 Å². The zero-order valence-electron chi connectivity index (χ0n) is 21.6. The van der Waals surface area contributed by atoms with Crippen molar-refractivity contribution in [3.63, 3.8) is 0 Å². The molecule has 0 radical (unpaired) electrons. The van der Waals surface area contributed by atoms with E-state index in [9.17, 15) is 4.79 Å². The van der Waals surface area contributed by atoms with E-state index in [1.165, 1.54) is 41.3 Å². The van der Waals surface area contributed by atoms with Crippen molar-refractivity contribution in [2.45, 2.75) is 52.5 Å². The number of halogens is 1. The zero-order chi connectivity index (χ0) is 25.7. The number of aromatic amines is 2. The van der Waals surface area contributed by atoms with E-state index in [0.29, 0.717) is 12.0 Å². The van der Waals surface area contributed by atoms with Crippen molar-refractivity contribution >= 4 is 28.0 Å². The zero-order valence-corrected chi connectivity index (χ0v) is 23.2. The fourth-order valence-corrected chi connectivity index (χ4v) is 5.85. The number of esters is 1. The summed E-state index contributed by atoms with van der Waals surface area (Å²) in [6.45, 7) is 8.34. The second-order valence-electron chi connectivity index (χ2n) is 9.63. The molecule has 2 N–H and O–H groups in total. The number of aromatic nitrogens is 4. The standard InChI is InChI=1S/C28H36BrN5O2/c1-18-24(19(2)31-30-18)13-16-34-15-12-23(17-26-25(11-14-29)20(3)32-33-26)28(34)22-8-5-21(6-9-22)7-10-27(35)36-4/h5-10,23,28H,11-17H2,1-4H3,(H,30,31)(H,32,33)/b10-7+/t23?,28-/m0/s1. The molecule has 4 rings (SSSR count). The number of benzene rings is 1. The van der Waals surface area contributed by atoms with Crippen molar-refractivity contribution in [1.29, 1.82) is 0 Å². The third-order valence-corrected chi connectivity index (χ3v) is 7.80.